The van der Waals surface area contributed by atoms with Crippen molar-refractivity contribution in [3.05, 3.63) is 66.4 Å². The third kappa shape index (κ3) is 3.72. The van der Waals surface area contributed by atoms with Crippen molar-refractivity contribution in [2.24, 2.45) is 0 Å². The topological polar surface area (TPSA) is 57.3 Å². The van der Waals surface area contributed by atoms with E-state index in [1.807, 2.05) is 37.3 Å². The molecule has 2 heterocycles. The Labute approximate surface area is 159 Å². The van der Waals surface area contributed by atoms with Gasteiger partial charge in [0, 0.05) is 19.3 Å². The number of nitrogens with zero attached hydrogens (tertiary/aromatic N) is 2. The number of pyridine rings is 1. The van der Waals surface area contributed by atoms with Crippen LogP contribution in [0.5, 0.6) is 0 Å². The highest BCUT2D eigenvalue weighted by Gasteiger charge is 2.19. The van der Waals surface area contributed by atoms with E-state index in [1.165, 1.54) is 18.2 Å². The monoisotopic (exact) mass is 360 g/mol. The van der Waals surface area contributed by atoms with Crippen LogP contribution in [0.25, 0.3) is 10.8 Å². The molecule has 1 aromatic heterocycles. The molecule has 5 nitrogen and oxygen atoms in total. The number of benzene rings is 2. The molecule has 2 aromatic carbocycles. The van der Waals surface area contributed by atoms with Crippen LogP contribution in [0.2, 0.25) is 0 Å². The second kappa shape index (κ2) is 7.66. The van der Waals surface area contributed by atoms with Crippen molar-refractivity contribution in [1.82, 2.24) is 10.3 Å². The second-order valence-electron chi connectivity index (χ2n) is 6.96. The summed E-state index contributed by atoms with van der Waals surface area (Å²) >= 11 is 0. The number of carbonyl (C=O) groups is 1. The molecule has 1 aliphatic rings. The largest absolute Gasteiger partial charge is 0.355 e. The number of amides is 2. The first-order chi connectivity index (χ1) is 13.2. The summed E-state index contributed by atoms with van der Waals surface area (Å²) in [6, 6.07) is 17.8. The van der Waals surface area contributed by atoms with E-state index in [0.29, 0.717) is 0 Å². The summed E-state index contributed by atoms with van der Waals surface area (Å²) in [5.74, 6) is 0.850. The number of anilines is 2. The lowest BCUT2D eigenvalue weighted by Gasteiger charge is -2.21. The number of rotatable bonds is 4. The zero-order chi connectivity index (χ0) is 18.6. The van der Waals surface area contributed by atoms with Gasteiger partial charge in [0.05, 0.1) is 11.7 Å². The Hall–Kier alpha value is -3.08. The first-order valence-corrected chi connectivity index (χ1v) is 9.47. The Kier molecular flexibility index (Phi) is 4.92. The Bertz CT molecular complexity index is 944. The molecule has 5 heteroatoms. The molecule has 0 saturated carbocycles. The summed E-state index contributed by atoms with van der Waals surface area (Å²) in [7, 11) is 0. The minimum Gasteiger partial charge on any atom is -0.355 e. The van der Waals surface area contributed by atoms with Crippen LogP contribution in [-0.2, 0) is 0 Å². The van der Waals surface area contributed by atoms with Crippen LogP contribution in [0.1, 0.15) is 31.4 Å². The van der Waals surface area contributed by atoms with Crippen molar-refractivity contribution in [1.29, 1.82) is 0 Å². The fourth-order valence-electron chi connectivity index (χ4n) is 3.74. The van der Waals surface area contributed by atoms with Gasteiger partial charge < -0.3 is 15.5 Å². The van der Waals surface area contributed by atoms with E-state index in [1.54, 1.807) is 6.20 Å². The average Bonchev–Trinajstić information content (AvgIpc) is 3.22. The number of aromatic nitrogens is 1. The summed E-state index contributed by atoms with van der Waals surface area (Å²) in [4.78, 5) is 19.3. The van der Waals surface area contributed by atoms with E-state index < -0.39 is 0 Å². The smallest absolute Gasteiger partial charge is 0.319 e. The lowest BCUT2D eigenvalue weighted by Crippen LogP contribution is -2.32. The third-order valence-corrected chi connectivity index (χ3v) is 5.08. The molecule has 1 fully saturated rings. The maximum absolute atomic E-state index is 12.6. The molecule has 138 valence electrons. The van der Waals surface area contributed by atoms with Crippen molar-refractivity contribution in [3.63, 3.8) is 0 Å². The van der Waals surface area contributed by atoms with E-state index in [-0.39, 0.29) is 12.1 Å². The second-order valence-corrected chi connectivity index (χ2v) is 6.96. The lowest BCUT2D eigenvalue weighted by atomic mass is 10.00. The van der Waals surface area contributed by atoms with Crippen LogP contribution < -0.4 is 15.5 Å². The SMILES string of the molecule is CC(NC(=O)Nc1cccnc1N1CCCC1)c1cccc2ccccc12. The predicted molar refractivity (Wildman–Crippen MR) is 110 cm³/mol. The fourth-order valence-corrected chi connectivity index (χ4v) is 3.74. The number of hydrogen-bond donors (Lipinski definition) is 2. The Morgan fingerprint density at radius 2 is 1.81 bits per heavy atom. The van der Waals surface area contributed by atoms with E-state index in [4.69, 9.17) is 0 Å². The normalized spacial score (nSPS) is 14.9. The first kappa shape index (κ1) is 17.3. The molecule has 0 aliphatic carbocycles. The molecule has 1 atom stereocenters. The molecule has 0 radical (unpaired) electrons. The van der Waals surface area contributed by atoms with Crippen molar-refractivity contribution >= 4 is 28.3 Å². The van der Waals surface area contributed by atoms with Gasteiger partial charge in [-0.3, -0.25) is 0 Å². The minimum atomic E-state index is -0.219. The molecule has 27 heavy (non-hydrogen) atoms. The summed E-state index contributed by atoms with van der Waals surface area (Å²) in [6.07, 6.45) is 4.11. The molecule has 1 saturated heterocycles. The van der Waals surface area contributed by atoms with Crippen molar-refractivity contribution < 1.29 is 4.79 Å². The molecule has 1 aliphatic heterocycles. The molecule has 2 N–H and O–H groups in total. The van der Waals surface area contributed by atoms with Crippen LogP contribution >= 0.6 is 0 Å². The molecular weight excluding hydrogens is 336 g/mol. The van der Waals surface area contributed by atoms with Gasteiger partial charge in [-0.25, -0.2) is 9.78 Å². The van der Waals surface area contributed by atoms with Gasteiger partial charge >= 0.3 is 6.03 Å². The molecule has 2 amide bonds. The molecule has 0 bridgehead atoms. The van der Waals surface area contributed by atoms with Gasteiger partial charge in [-0.1, -0.05) is 42.5 Å². The zero-order valence-corrected chi connectivity index (χ0v) is 15.5. The summed E-state index contributed by atoms with van der Waals surface area (Å²) in [5, 5.41) is 8.37. The van der Waals surface area contributed by atoms with Crippen LogP contribution in [0.15, 0.2) is 60.8 Å². The van der Waals surface area contributed by atoms with Crippen LogP contribution in [0, 0.1) is 0 Å². The van der Waals surface area contributed by atoms with Crippen molar-refractivity contribution in [2.75, 3.05) is 23.3 Å². The Balaban J connectivity index is 1.50. The van der Waals surface area contributed by atoms with E-state index >= 15 is 0 Å². The van der Waals surface area contributed by atoms with Gasteiger partial charge in [-0.2, -0.15) is 0 Å². The number of nitrogens with one attached hydrogen (secondary N) is 2. The summed E-state index contributed by atoms with van der Waals surface area (Å²) < 4.78 is 0. The van der Waals surface area contributed by atoms with E-state index in [2.05, 4.69) is 44.8 Å². The van der Waals surface area contributed by atoms with Crippen LogP contribution in [0.4, 0.5) is 16.3 Å². The summed E-state index contributed by atoms with van der Waals surface area (Å²) in [5.41, 5.74) is 1.86. The lowest BCUT2D eigenvalue weighted by molar-refractivity contribution is 0.249. The molecule has 1 unspecified atom stereocenters. The molecule has 4 rings (SSSR count). The standard InChI is InChI=1S/C22H24N4O/c1-16(18-11-6-9-17-8-2-3-10-19(17)18)24-22(27)25-20-12-7-13-23-21(20)26-14-4-5-15-26/h2-3,6-13,16H,4-5,14-15H2,1H3,(H2,24,25,27). The number of carbonyl (C=O) groups excluding carboxylic acids is 1. The molecule has 3 aromatic rings. The number of fused-ring (bicyclic) bond motifs is 1. The zero-order valence-electron chi connectivity index (χ0n) is 15.5. The van der Waals surface area contributed by atoms with E-state index in [0.717, 1.165) is 35.5 Å². The number of hydrogen-bond acceptors (Lipinski definition) is 3. The number of urea groups is 1. The molecular formula is C22H24N4O. The molecule has 0 spiro atoms. The first-order valence-electron chi connectivity index (χ1n) is 9.47. The fraction of sp³-hybridized carbons (Fsp3) is 0.273. The maximum Gasteiger partial charge on any atom is 0.319 e. The predicted octanol–water partition coefficient (Wildman–Crippen LogP) is 4.72. The van der Waals surface area contributed by atoms with Crippen LogP contribution in [-0.4, -0.2) is 24.1 Å². The van der Waals surface area contributed by atoms with Crippen molar-refractivity contribution in [3.8, 4) is 0 Å². The highest BCUT2D eigenvalue weighted by molar-refractivity contribution is 5.93. The van der Waals surface area contributed by atoms with Crippen molar-refractivity contribution in [2.45, 2.75) is 25.8 Å². The van der Waals surface area contributed by atoms with Crippen LogP contribution in [0.3, 0.4) is 0 Å². The Morgan fingerprint density at radius 1 is 1.04 bits per heavy atom. The van der Waals surface area contributed by atoms with E-state index in [9.17, 15) is 4.79 Å². The quantitative estimate of drug-likeness (QED) is 0.708. The van der Waals surface area contributed by atoms with Gasteiger partial charge in [0.25, 0.3) is 0 Å². The minimum absolute atomic E-state index is 0.108. The average molecular weight is 360 g/mol. The highest BCUT2D eigenvalue weighted by atomic mass is 16.2. The van der Waals surface area contributed by atoms with Gasteiger partial charge in [-0.15, -0.1) is 0 Å². The third-order valence-electron chi connectivity index (χ3n) is 5.08. The summed E-state index contributed by atoms with van der Waals surface area (Å²) in [6.45, 7) is 3.98. The maximum atomic E-state index is 12.6. The van der Waals surface area contributed by atoms with Gasteiger partial charge in [0.15, 0.2) is 5.82 Å². The van der Waals surface area contributed by atoms with Gasteiger partial charge in [0.1, 0.15) is 0 Å². The van der Waals surface area contributed by atoms with Gasteiger partial charge in [0.2, 0.25) is 0 Å². The highest BCUT2D eigenvalue weighted by Crippen LogP contribution is 2.27. The van der Waals surface area contributed by atoms with Gasteiger partial charge in [-0.05, 0) is 48.2 Å². The Morgan fingerprint density at radius 3 is 2.67 bits per heavy atom.